The van der Waals surface area contributed by atoms with Crippen LogP contribution in [0.15, 0.2) is 16.6 Å². The number of ether oxygens (including phenoxy) is 1. The highest BCUT2D eigenvalue weighted by Gasteiger charge is 2.17. The zero-order valence-corrected chi connectivity index (χ0v) is 10.7. The Morgan fingerprint density at radius 2 is 1.93 bits per heavy atom. The smallest absolute Gasteiger partial charge is 0.119 e. The van der Waals surface area contributed by atoms with Crippen molar-refractivity contribution in [2.75, 3.05) is 19.7 Å². The fourth-order valence-corrected chi connectivity index (χ4v) is 1.90. The maximum Gasteiger partial charge on any atom is 0.119 e. The second-order valence-corrected chi connectivity index (χ2v) is 5.00. The summed E-state index contributed by atoms with van der Waals surface area (Å²) in [5.41, 5.74) is 2.47. The summed E-state index contributed by atoms with van der Waals surface area (Å²) < 4.78 is 6.95. The summed E-state index contributed by atoms with van der Waals surface area (Å²) in [7, 11) is 0. The lowest BCUT2D eigenvalue weighted by Gasteiger charge is -2.27. The normalized spacial score (nSPS) is 16.2. The van der Waals surface area contributed by atoms with Crippen molar-refractivity contribution in [3.05, 3.63) is 27.7 Å². The molecule has 1 N–H and O–H groups in total. The summed E-state index contributed by atoms with van der Waals surface area (Å²) in [6.07, 6.45) is 0. The van der Waals surface area contributed by atoms with Gasteiger partial charge in [-0.2, -0.15) is 0 Å². The maximum atomic E-state index is 5.77. The van der Waals surface area contributed by atoms with Crippen LogP contribution in [0.3, 0.4) is 0 Å². The van der Waals surface area contributed by atoms with Crippen molar-refractivity contribution in [1.82, 2.24) is 5.32 Å². The molecule has 1 aromatic carbocycles. The fraction of sp³-hybridized carbons (Fsp3) is 0.500. The van der Waals surface area contributed by atoms with Gasteiger partial charge in [-0.3, -0.25) is 0 Å². The minimum atomic E-state index is 0.689. The predicted octanol–water partition coefficient (Wildman–Crippen LogP) is 2.66. The van der Waals surface area contributed by atoms with E-state index in [2.05, 4.69) is 47.2 Å². The number of benzene rings is 1. The number of aryl methyl sites for hydroxylation is 2. The predicted molar refractivity (Wildman–Crippen MR) is 65.5 cm³/mol. The fourth-order valence-electron chi connectivity index (χ4n) is 1.67. The van der Waals surface area contributed by atoms with E-state index in [9.17, 15) is 0 Å². The third-order valence-corrected chi connectivity index (χ3v) is 4.01. The number of halogens is 1. The molecule has 0 aliphatic carbocycles. The largest absolute Gasteiger partial charge is 0.493 e. The zero-order valence-electron chi connectivity index (χ0n) is 9.14. The summed E-state index contributed by atoms with van der Waals surface area (Å²) in [5.74, 6) is 1.68. The molecule has 1 saturated heterocycles. The van der Waals surface area contributed by atoms with E-state index in [0.717, 1.165) is 25.4 Å². The standard InChI is InChI=1S/C12H16BrNO/c1-8-3-11(4-9(2)12(8)13)15-7-10-5-14-6-10/h3-4,10,14H,5-7H2,1-2H3. The quantitative estimate of drug-likeness (QED) is 0.911. The third kappa shape index (κ3) is 2.52. The molecular formula is C12H16BrNO. The second kappa shape index (κ2) is 4.54. The highest BCUT2D eigenvalue weighted by Crippen LogP contribution is 2.26. The Bertz CT molecular complexity index is 338. The second-order valence-electron chi connectivity index (χ2n) is 4.21. The molecule has 0 radical (unpaired) electrons. The van der Waals surface area contributed by atoms with E-state index in [1.54, 1.807) is 0 Å². The lowest BCUT2D eigenvalue weighted by atomic mass is 10.1. The van der Waals surface area contributed by atoms with Crippen molar-refractivity contribution < 1.29 is 4.74 Å². The number of hydrogen-bond acceptors (Lipinski definition) is 2. The van der Waals surface area contributed by atoms with Gasteiger partial charge in [0.1, 0.15) is 5.75 Å². The molecule has 2 nitrogen and oxygen atoms in total. The molecule has 0 amide bonds. The van der Waals surface area contributed by atoms with Gasteiger partial charge in [0.2, 0.25) is 0 Å². The average molecular weight is 270 g/mol. The van der Waals surface area contributed by atoms with E-state index >= 15 is 0 Å². The maximum absolute atomic E-state index is 5.77. The lowest BCUT2D eigenvalue weighted by molar-refractivity contribution is 0.199. The Balaban J connectivity index is 2.01. The van der Waals surface area contributed by atoms with Crippen LogP contribution in [-0.4, -0.2) is 19.7 Å². The minimum absolute atomic E-state index is 0.689. The van der Waals surface area contributed by atoms with Crippen molar-refractivity contribution in [3.63, 3.8) is 0 Å². The van der Waals surface area contributed by atoms with Gasteiger partial charge < -0.3 is 10.1 Å². The van der Waals surface area contributed by atoms with E-state index in [1.807, 2.05) is 0 Å². The Morgan fingerprint density at radius 3 is 2.40 bits per heavy atom. The van der Waals surface area contributed by atoms with Crippen LogP contribution < -0.4 is 10.1 Å². The van der Waals surface area contributed by atoms with Crippen LogP contribution in [-0.2, 0) is 0 Å². The molecule has 0 spiro atoms. The van der Waals surface area contributed by atoms with E-state index < -0.39 is 0 Å². The van der Waals surface area contributed by atoms with Crippen LogP contribution in [0, 0.1) is 19.8 Å². The van der Waals surface area contributed by atoms with Crippen LogP contribution in [0.25, 0.3) is 0 Å². The molecule has 15 heavy (non-hydrogen) atoms. The van der Waals surface area contributed by atoms with Crippen molar-refractivity contribution in [3.8, 4) is 5.75 Å². The molecule has 1 fully saturated rings. The molecule has 0 atom stereocenters. The Labute approximate surface area is 99.1 Å². The van der Waals surface area contributed by atoms with Gasteiger partial charge in [0.15, 0.2) is 0 Å². The third-order valence-electron chi connectivity index (χ3n) is 2.76. The molecule has 1 heterocycles. The van der Waals surface area contributed by atoms with E-state index in [4.69, 9.17) is 4.74 Å². The average Bonchev–Trinajstić information content (AvgIpc) is 2.11. The summed E-state index contributed by atoms with van der Waals surface area (Å²) >= 11 is 3.55. The molecule has 2 rings (SSSR count). The van der Waals surface area contributed by atoms with Gasteiger partial charge in [-0.1, -0.05) is 15.9 Å². The van der Waals surface area contributed by atoms with Crippen LogP contribution in [0.1, 0.15) is 11.1 Å². The first-order chi connectivity index (χ1) is 7.16. The Morgan fingerprint density at radius 1 is 1.33 bits per heavy atom. The Hall–Kier alpha value is -0.540. The zero-order chi connectivity index (χ0) is 10.8. The highest BCUT2D eigenvalue weighted by atomic mass is 79.9. The number of rotatable bonds is 3. The van der Waals surface area contributed by atoms with Crippen molar-refractivity contribution in [2.45, 2.75) is 13.8 Å². The van der Waals surface area contributed by atoms with Gasteiger partial charge in [0.25, 0.3) is 0 Å². The SMILES string of the molecule is Cc1cc(OCC2CNC2)cc(C)c1Br. The molecule has 0 aromatic heterocycles. The monoisotopic (exact) mass is 269 g/mol. The van der Waals surface area contributed by atoms with Gasteiger partial charge >= 0.3 is 0 Å². The van der Waals surface area contributed by atoms with Gasteiger partial charge in [0.05, 0.1) is 6.61 Å². The molecule has 1 aromatic rings. The number of hydrogen-bond donors (Lipinski definition) is 1. The summed E-state index contributed by atoms with van der Waals surface area (Å²) in [5, 5.41) is 3.24. The first kappa shape index (κ1) is 11.0. The van der Waals surface area contributed by atoms with Crippen molar-refractivity contribution in [2.24, 2.45) is 5.92 Å². The van der Waals surface area contributed by atoms with Gasteiger partial charge in [0, 0.05) is 23.5 Å². The minimum Gasteiger partial charge on any atom is -0.493 e. The van der Waals surface area contributed by atoms with E-state index in [1.165, 1.54) is 15.6 Å². The van der Waals surface area contributed by atoms with Gasteiger partial charge in [-0.15, -0.1) is 0 Å². The van der Waals surface area contributed by atoms with Crippen molar-refractivity contribution in [1.29, 1.82) is 0 Å². The van der Waals surface area contributed by atoms with Crippen LogP contribution in [0.4, 0.5) is 0 Å². The molecule has 1 aliphatic heterocycles. The summed E-state index contributed by atoms with van der Waals surface area (Å²) in [6, 6.07) is 4.17. The molecule has 0 unspecified atom stereocenters. The molecular weight excluding hydrogens is 254 g/mol. The lowest BCUT2D eigenvalue weighted by Crippen LogP contribution is -2.45. The van der Waals surface area contributed by atoms with Crippen LogP contribution in [0.5, 0.6) is 5.75 Å². The van der Waals surface area contributed by atoms with Gasteiger partial charge in [-0.05, 0) is 37.1 Å². The van der Waals surface area contributed by atoms with E-state index in [-0.39, 0.29) is 0 Å². The molecule has 82 valence electrons. The van der Waals surface area contributed by atoms with Crippen LogP contribution in [0.2, 0.25) is 0 Å². The molecule has 0 bridgehead atoms. The molecule has 0 saturated carbocycles. The molecule has 3 heteroatoms. The summed E-state index contributed by atoms with van der Waals surface area (Å²) in [6.45, 7) is 7.19. The first-order valence-corrected chi connectivity index (χ1v) is 6.06. The van der Waals surface area contributed by atoms with Gasteiger partial charge in [-0.25, -0.2) is 0 Å². The first-order valence-electron chi connectivity index (χ1n) is 5.27. The molecule has 1 aliphatic rings. The van der Waals surface area contributed by atoms with Crippen LogP contribution >= 0.6 is 15.9 Å². The highest BCUT2D eigenvalue weighted by molar-refractivity contribution is 9.10. The number of nitrogens with one attached hydrogen (secondary N) is 1. The topological polar surface area (TPSA) is 21.3 Å². The van der Waals surface area contributed by atoms with Crippen molar-refractivity contribution >= 4 is 15.9 Å². The Kier molecular flexibility index (Phi) is 3.32. The summed E-state index contributed by atoms with van der Waals surface area (Å²) in [4.78, 5) is 0. The van der Waals surface area contributed by atoms with E-state index in [0.29, 0.717) is 5.92 Å².